The Morgan fingerprint density at radius 2 is 2.16 bits per heavy atom. The number of aromatic nitrogens is 1. The number of rotatable bonds is 3. The van der Waals surface area contributed by atoms with Gasteiger partial charge in [-0.1, -0.05) is 5.16 Å². The molecular formula is C12H18N4O3. The number of nitrogens with one attached hydrogen (secondary N) is 1. The molecule has 0 unspecified atom stereocenters. The Labute approximate surface area is 111 Å². The summed E-state index contributed by atoms with van der Waals surface area (Å²) in [5.41, 5.74) is 0.673. The van der Waals surface area contributed by atoms with Crippen LogP contribution in [-0.4, -0.2) is 66.5 Å². The highest BCUT2D eigenvalue weighted by Crippen LogP contribution is 2.09. The molecule has 2 heterocycles. The van der Waals surface area contributed by atoms with Crippen molar-refractivity contribution >= 4 is 11.8 Å². The quantitative estimate of drug-likeness (QED) is 0.797. The lowest BCUT2D eigenvalue weighted by molar-refractivity contribution is -0.132. The number of nitrogens with zero attached hydrogens (tertiary/aromatic N) is 3. The number of piperazine rings is 1. The van der Waals surface area contributed by atoms with Gasteiger partial charge in [-0.25, -0.2) is 0 Å². The van der Waals surface area contributed by atoms with Crippen LogP contribution in [0, 0.1) is 6.92 Å². The molecule has 19 heavy (non-hydrogen) atoms. The molecule has 0 spiro atoms. The first-order valence-electron chi connectivity index (χ1n) is 6.25. The van der Waals surface area contributed by atoms with Crippen LogP contribution in [-0.2, 0) is 4.79 Å². The van der Waals surface area contributed by atoms with Crippen molar-refractivity contribution in [2.75, 3.05) is 39.8 Å². The van der Waals surface area contributed by atoms with Gasteiger partial charge >= 0.3 is 0 Å². The van der Waals surface area contributed by atoms with Gasteiger partial charge in [-0.15, -0.1) is 0 Å². The van der Waals surface area contributed by atoms with E-state index >= 15 is 0 Å². The van der Waals surface area contributed by atoms with E-state index in [2.05, 4.69) is 10.5 Å². The summed E-state index contributed by atoms with van der Waals surface area (Å²) in [6, 6.07) is 0. The van der Waals surface area contributed by atoms with Crippen molar-refractivity contribution in [3.8, 4) is 0 Å². The van der Waals surface area contributed by atoms with E-state index in [-0.39, 0.29) is 24.1 Å². The second-order valence-corrected chi connectivity index (χ2v) is 4.63. The van der Waals surface area contributed by atoms with Crippen molar-refractivity contribution in [1.29, 1.82) is 0 Å². The Balaban J connectivity index is 1.93. The maximum atomic E-state index is 12.1. The van der Waals surface area contributed by atoms with Gasteiger partial charge in [-0.05, 0) is 6.92 Å². The summed E-state index contributed by atoms with van der Waals surface area (Å²) in [5.74, 6) is -0.177. The third-order valence-electron chi connectivity index (χ3n) is 3.13. The summed E-state index contributed by atoms with van der Waals surface area (Å²) in [6.07, 6.45) is 1.49. The lowest BCUT2D eigenvalue weighted by Crippen LogP contribution is -2.49. The molecule has 2 rings (SSSR count). The number of hydrogen-bond donors (Lipinski definition) is 1. The van der Waals surface area contributed by atoms with Crippen molar-refractivity contribution < 1.29 is 14.1 Å². The van der Waals surface area contributed by atoms with Crippen molar-refractivity contribution in [2.45, 2.75) is 6.92 Å². The van der Waals surface area contributed by atoms with Gasteiger partial charge < -0.3 is 19.6 Å². The van der Waals surface area contributed by atoms with Crippen LogP contribution in [0.1, 0.15) is 16.1 Å². The summed E-state index contributed by atoms with van der Waals surface area (Å²) in [4.78, 5) is 27.2. The van der Waals surface area contributed by atoms with Crippen molar-refractivity contribution in [2.24, 2.45) is 0 Å². The van der Waals surface area contributed by atoms with Gasteiger partial charge in [0, 0.05) is 38.8 Å². The molecule has 1 aliphatic rings. The van der Waals surface area contributed by atoms with Gasteiger partial charge in [0.2, 0.25) is 11.7 Å². The molecule has 0 aromatic carbocycles. The SMILES string of the molecule is Cc1cnoc1C(=O)N(C)CC(=O)N1CCNCC1. The second-order valence-electron chi connectivity index (χ2n) is 4.63. The maximum absolute atomic E-state index is 12.1. The smallest absolute Gasteiger partial charge is 0.292 e. The van der Waals surface area contributed by atoms with Gasteiger partial charge in [0.25, 0.3) is 5.91 Å². The summed E-state index contributed by atoms with van der Waals surface area (Å²) in [6.45, 7) is 4.76. The lowest BCUT2D eigenvalue weighted by Gasteiger charge is -2.29. The average Bonchev–Trinajstić information content (AvgIpc) is 2.85. The molecule has 1 aromatic rings. The molecule has 7 nitrogen and oxygen atoms in total. The Bertz CT molecular complexity index is 465. The van der Waals surface area contributed by atoms with Crippen LogP contribution in [0.15, 0.2) is 10.7 Å². The molecule has 1 N–H and O–H groups in total. The van der Waals surface area contributed by atoms with Crippen molar-refractivity contribution in [3.05, 3.63) is 17.5 Å². The zero-order valence-corrected chi connectivity index (χ0v) is 11.2. The number of aryl methyl sites for hydroxylation is 1. The second kappa shape index (κ2) is 5.83. The average molecular weight is 266 g/mol. The summed E-state index contributed by atoms with van der Waals surface area (Å²) < 4.78 is 4.90. The van der Waals surface area contributed by atoms with Crippen LogP contribution >= 0.6 is 0 Å². The van der Waals surface area contributed by atoms with Gasteiger partial charge in [0.1, 0.15) is 0 Å². The Hall–Kier alpha value is -1.89. The van der Waals surface area contributed by atoms with Crippen LogP contribution in [0.4, 0.5) is 0 Å². The Kier molecular flexibility index (Phi) is 4.16. The number of likely N-dealkylation sites (N-methyl/N-ethyl adjacent to an activating group) is 1. The highest BCUT2D eigenvalue weighted by Gasteiger charge is 2.23. The first-order valence-corrected chi connectivity index (χ1v) is 6.25. The Morgan fingerprint density at radius 1 is 1.47 bits per heavy atom. The highest BCUT2D eigenvalue weighted by molar-refractivity contribution is 5.95. The summed E-state index contributed by atoms with van der Waals surface area (Å²) in [7, 11) is 1.59. The molecule has 0 aliphatic carbocycles. The fourth-order valence-corrected chi connectivity index (χ4v) is 1.96. The first kappa shape index (κ1) is 13.5. The van der Waals surface area contributed by atoms with Crippen LogP contribution in [0.2, 0.25) is 0 Å². The molecule has 104 valence electrons. The molecule has 1 aliphatic heterocycles. The standard InChI is InChI=1S/C12H18N4O3/c1-9-7-14-19-11(9)12(18)15(2)8-10(17)16-5-3-13-4-6-16/h7,13H,3-6,8H2,1-2H3. The minimum absolute atomic E-state index is 0.0467. The van der Waals surface area contributed by atoms with Crippen LogP contribution in [0.25, 0.3) is 0 Å². The normalized spacial score (nSPS) is 15.4. The third-order valence-corrected chi connectivity index (χ3v) is 3.13. The van der Waals surface area contributed by atoms with Gasteiger partial charge in [-0.3, -0.25) is 9.59 Å². The van der Waals surface area contributed by atoms with E-state index in [4.69, 9.17) is 4.52 Å². The molecule has 0 atom stereocenters. The maximum Gasteiger partial charge on any atom is 0.292 e. The van der Waals surface area contributed by atoms with E-state index in [0.29, 0.717) is 18.7 Å². The minimum atomic E-state index is -0.321. The molecule has 1 aromatic heterocycles. The van der Waals surface area contributed by atoms with E-state index in [1.165, 1.54) is 11.1 Å². The predicted octanol–water partition coefficient (Wildman–Crippen LogP) is -0.513. The fraction of sp³-hybridized carbons (Fsp3) is 0.583. The zero-order chi connectivity index (χ0) is 13.8. The van der Waals surface area contributed by atoms with Gasteiger partial charge in [-0.2, -0.15) is 0 Å². The molecule has 0 saturated carbocycles. The van der Waals surface area contributed by atoms with E-state index in [1.807, 2.05) is 0 Å². The topological polar surface area (TPSA) is 78.7 Å². The van der Waals surface area contributed by atoms with Gasteiger partial charge in [0.15, 0.2) is 0 Å². The van der Waals surface area contributed by atoms with E-state index in [1.54, 1.807) is 18.9 Å². The number of hydrogen-bond acceptors (Lipinski definition) is 5. The van der Waals surface area contributed by atoms with Crippen molar-refractivity contribution in [3.63, 3.8) is 0 Å². The molecule has 2 amide bonds. The molecule has 1 saturated heterocycles. The molecular weight excluding hydrogens is 248 g/mol. The summed E-state index contributed by atoms with van der Waals surface area (Å²) >= 11 is 0. The first-order chi connectivity index (χ1) is 9.09. The third kappa shape index (κ3) is 3.11. The number of carbonyl (C=O) groups excluding carboxylic acids is 2. The monoisotopic (exact) mass is 266 g/mol. The lowest BCUT2D eigenvalue weighted by atomic mass is 10.2. The largest absolute Gasteiger partial charge is 0.351 e. The minimum Gasteiger partial charge on any atom is -0.351 e. The van der Waals surface area contributed by atoms with Crippen molar-refractivity contribution in [1.82, 2.24) is 20.3 Å². The molecule has 7 heteroatoms. The van der Waals surface area contributed by atoms with E-state index in [0.717, 1.165) is 13.1 Å². The predicted molar refractivity (Wildman–Crippen MR) is 67.7 cm³/mol. The summed E-state index contributed by atoms with van der Waals surface area (Å²) in [5, 5.41) is 6.75. The zero-order valence-electron chi connectivity index (χ0n) is 11.2. The van der Waals surface area contributed by atoms with Crippen LogP contribution < -0.4 is 5.32 Å². The number of carbonyl (C=O) groups is 2. The van der Waals surface area contributed by atoms with Crippen LogP contribution in [0.5, 0.6) is 0 Å². The molecule has 0 bridgehead atoms. The number of amides is 2. The van der Waals surface area contributed by atoms with Crippen LogP contribution in [0.3, 0.4) is 0 Å². The molecule has 1 fully saturated rings. The van der Waals surface area contributed by atoms with E-state index in [9.17, 15) is 9.59 Å². The van der Waals surface area contributed by atoms with E-state index < -0.39 is 0 Å². The molecule has 0 radical (unpaired) electrons. The fourth-order valence-electron chi connectivity index (χ4n) is 1.96. The highest BCUT2D eigenvalue weighted by atomic mass is 16.5. The Morgan fingerprint density at radius 3 is 2.74 bits per heavy atom. The van der Waals surface area contributed by atoms with Gasteiger partial charge in [0.05, 0.1) is 12.7 Å².